The van der Waals surface area contributed by atoms with Crippen molar-refractivity contribution < 1.29 is 9.59 Å². The van der Waals surface area contributed by atoms with E-state index in [1.165, 1.54) is 11.3 Å². The molecule has 0 fully saturated rings. The van der Waals surface area contributed by atoms with Crippen LogP contribution in [-0.2, 0) is 0 Å². The van der Waals surface area contributed by atoms with Gasteiger partial charge in [0.05, 0.1) is 5.01 Å². The minimum absolute atomic E-state index is 0.143. The maximum Gasteiger partial charge on any atom is 0.275 e. The molecule has 0 radical (unpaired) electrons. The third-order valence-electron chi connectivity index (χ3n) is 3.30. The van der Waals surface area contributed by atoms with Crippen LogP contribution in [0.15, 0.2) is 29.6 Å². The van der Waals surface area contributed by atoms with Crippen LogP contribution in [0, 0.1) is 5.92 Å². The summed E-state index contributed by atoms with van der Waals surface area (Å²) < 4.78 is 0. The summed E-state index contributed by atoms with van der Waals surface area (Å²) >= 11 is 1.48. The number of anilines is 1. The third kappa shape index (κ3) is 4.89. The Bertz CT molecular complexity index is 723. The van der Waals surface area contributed by atoms with E-state index in [9.17, 15) is 9.59 Å². The normalized spacial score (nSPS) is 10.9. The zero-order valence-electron chi connectivity index (χ0n) is 14.4. The summed E-state index contributed by atoms with van der Waals surface area (Å²) in [6.07, 6.45) is 0. The average Bonchev–Trinajstić information content (AvgIpc) is 3.03. The van der Waals surface area contributed by atoms with Gasteiger partial charge in [-0.1, -0.05) is 33.8 Å². The van der Waals surface area contributed by atoms with Gasteiger partial charge in [-0.25, -0.2) is 4.98 Å². The van der Waals surface area contributed by atoms with Crippen LogP contribution < -0.4 is 10.6 Å². The van der Waals surface area contributed by atoms with Gasteiger partial charge >= 0.3 is 0 Å². The van der Waals surface area contributed by atoms with Crippen molar-refractivity contribution in [1.29, 1.82) is 0 Å². The van der Waals surface area contributed by atoms with E-state index >= 15 is 0 Å². The molecule has 0 aliphatic carbocycles. The second-order valence-electron chi connectivity index (χ2n) is 6.36. The molecular formula is C18H23N3O2S. The standard InChI is InChI=1S/C18H23N3O2S/c1-11(2)9-19-16(22)13-6-5-7-14(8-13)20-17(23)15-10-24-18(21-15)12(3)4/h5-8,10-12H,9H2,1-4H3,(H,19,22)(H,20,23). The predicted molar refractivity (Wildman–Crippen MR) is 97.8 cm³/mol. The van der Waals surface area contributed by atoms with Crippen LogP contribution in [0.4, 0.5) is 5.69 Å². The highest BCUT2D eigenvalue weighted by molar-refractivity contribution is 7.09. The number of thiazole rings is 1. The fourth-order valence-electron chi connectivity index (χ4n) is 1.99. The number of carbonyl (C=O) groups excluding carboxylic acids is 2. The van der Waals surface area contributed by atoms with Crippen molar-refractivity contribution in [2.24, 2.45) is 5.92 Å². The van der Waals surface area contributed by atoms with E-state index in [2.05, 4.69) is 15.6 Å². The van der Waals surface area contributed by atoms with Crippen LogP contribution in [0.3, 0.4) is 0 Å². The van der Waals surface area contributed by atoms with Gasteiger partial charge in [-0.2, -0.15) is 0 Å². The molecule has 0 atom stereocenters. The number of hydrogen-bond donors (Lipinski definition) is 2. The number of amides is 2. The SMILES string of the molecule is CC(C)CNC(=O)c1cccc(NC(=O)c2csc(C(C)C)n2)c1. The van der Waals surface area contributed by atoms with Gasteiger partial charge in [-0.3, -0.25) is 9.59 Å². The Balaban J connectivity index is 2.05. The maximum atomic E-state index is 12.3. The molecule has 0 aliphatic rings. The monoisotopic (exact) mass is 345 g/mol. The molecule has 0 aliphatic heterocycles. The molecule has 2 N–H and O–H groups in total. The Kier molecular flexibility index (Phi) is 6.09. The Morgan fingerprint density at radius 2 is 1.92 bits per heavy atom. The molecule has 2 aromatic rings. The highest BCUT2D eigenvalue weighted by Gasteiger charge is 2.14. The number of aromatic nitrogens is 1. The first-order valence-electron chi connectivity index (χ1n) is 8.02. The number of benzene rings is 1. The Morgan fingerprint density at radius 1 is 1.17 bits per heavy atom. The van der Waals surface area contributed by atoms with Gasteiger partial charge in [0.2, 0.25) is 0 Å². The lowest BCUT2D eigenvalue weighted by atomic mass is 10.1. The molecule has 1 aromatic heterocycles. The minimum Gasteiger partial charge on any atom is -0.352 e. The highest BCUT2D eigenvalue weighted by Crippen LogP contribution is 2.20. The molecule has 2 amide bonds. The second-order valence-corrected chi connectivity index (χ2v) is 7.25. The Morgan fingerprint density at radius 3 is 2.54 bits per heavy atom. The van der Waals surface area contributed by atoms with Crippen LogP contribution in [0.25, 0.3) is 0 Å². The van der Waals surface area contributed by atoms with Crippen molar-refractivity contribution in [2.45, 2.75) is 33.6 Å². The van der Waals surface area contributed by atoms with Crippen molar-refractivity contribution in [3.05, 3.63) is 45.9 Å². The third-order valence-corrected chi connectivity index (χ3v) is 4.45. The summed E-state index contributed by atoms with van der Waals surface area (Å²) in [4.78, 5) is 28.7. The molecule has 0 spiro atoms. The van der Waals surface area contributed by atoms with Gasteiger partial charge in [0.15, 0.2) is 0 Å². The maximum absolute atomic E-state index is 12.3. The fraction of sp³-hybridized carbons (Fsp3) is 0.389. The molecule has 1 aromatic carbocycles. The minimum atomic E-state index is -0.266. The lowest BCUT2D eigenvalue weighted by molar-refractivity contribution is 0.0947. The molecule has 128 valence electrons. The molecule has 5 nitrogen and oxygen atoms in total. The topological polar surface area (TPSA) is 71.1 Å². The summed E-state index contributed by atoms with van der Waals surface area (Å²) in [7, 11) is 0. The highest BCUT2D eigenvalue weighted by atomic mass is 32.1. The molecule has 0 saturated heterocycles. The number of rotatable bonds is 6. The van der Waals surface area contributed by atoms with Gasteiger partial charge in [0.1, 0.15) is 5.69 Å². The summed E-state index contributed by atoms with van der Waals surface area (Å²) in [5, 5.41) is 8.35. The van der Waals surface area contributed by atoms with Crippen LogP contribution in [0.1, 0.15) is 59.5 Å². The first kappa shape index (κ1) is 18.1. The molecule has 2 rings (SSSR count). The number of nitrogens with zero attached hydrogens (tertiary/aromatic N) is 1. The van der Waals surface area contributed by atoms with E-state index in [0.29, 0.717) is 35.3 Å². The van der Waals surface area contributed by atoms with E-state index in [4.69, 9.17) is 0 Å². The number of hydrogen-bond acceptors (Lipinski definition) is 4. The number of nitrogens with one attached hydrogen (secondary N) is 2. The molecule has 0 saturated carbocycles. The molecule has 24 heavy (non-hydrogen) atoms. The summed E-state index contributed by atoms with van der Waals surface area (Å²) in [5.41, 5.74) is 1.50. The van der Waals surface area contributed by atoms with E-state index in [1.54, 1.807) is 29.6 Å². The zero-order valence-corrected chi connectivity index (χ0v) is 15.2. The Hall–Kier alpha value is -2.21. The fourth-order valence-corrected chi connectivity index (χ4v) is 2.80. The van der Waals surface area contributed by atoms with Gasteiger partial charge in [0, 0.05) is 29.1 Å². The van der Waals surface area contributed by atoms with Crippen molar-refractivity contribution in [1.82, 2.24) is 10.3 Å². The van der Waals surface area contributed by atoms with E-state index in [1.807, 2.05) is 27.7 Å². The van der Waals surface area contributed by atoms with Gasteiger partial charge in [-0.05, 0) is 24.1 Å². The van der Waals surface area contributed by atoms with Crippen molar-refractivity contribution >= 4 is 28.8 Å². The van der Waals surface area contributed by atoms with Crippen LogP contribution in [0.5, 0.6) is 0 Å². The molecule has 6 heteroatoms. The van der Waals surface area contributed by atoms with Crippen LogP contribution in [-0.4, -0.2) is 23.3 Å². The zero-order chi connectivity index (χ0) is 17.7. The lowest BCUT2D eigenvalue weighted by Gasteiger charge is -2.09. The summed E-state index contributed by atoms with van der Waals surface area (Å²) in [5.74, 6) is 0.273. The molecule has 0 unspecified atom stereocenters. The van der Waals surface area contributed by atoms with Gasteiger partial charge in [-0.15, -0.1) is 11.3 Å². The first-order valence-corrected chi connectivity index (χ1v) is 8.89. The molecule has 0 bridgehead atoms. The van der Waals surface area contributed by atoms with Gasteiger partial charge < -0.3 is 10.6 Å². The predicted octanol–water partition coefficient (Wildman–Crippen LogP) is 3.90. The molecular weight excluding hydrogens is 322 g/mol. The van der Waals surface area contributed by atoms with Crippen LogP contribution >= 0.6 is 11.3 Å². The largest absolute Gasteiger partial charge is 0.352 e. The van der Waals surface area contributed by atoms with Crippen LogP contribution in [0.2, 0.25) is 0 Å². The number of carbonyl (C=O) groups is 2. The van der Waals surface area contributed by atoms with Gasteiger partial charge in [0.25, 0.3) is 11.8 Å². The smallest absolute Gasteiger partial charge is 0.275 e. The quantitative estimate of drug-likeness (QED) is 0.834. The van der Waals surface area contributed by atoms with Crippen molar-refractivity contribution in [2.75, 3.05) is 11.9 Å². The van der Waals surface area contributed by atoms with Crippen molar-refractivity contribution in [3.63, 3.8) is 0 Å². The Labute approximate surface area is 146 Å². The summed E-state index contributed by atoms with van der Waals surface area (Å²) in [6.45, 7) is 8.78. The van der Waals surface area contributed by atoms with E-state index < -0.39 is 0 Å². The van der Waals surface area contributed by atoms with E-state index in [0.717, 1.165) is 5.01 Å². The first-order chi connectivity index (χ1) is 11.4. The average molecular weight is 345 g/mol. The van der Waals surface area contributed by atoms with E-state index in [-0.39, 0.29) is 11.8 Å². The summed E-state index contributed by atoms with van der Waals surface area (Å²) in [6, 6.07) is 6.90. The molecule has 1 heterocycles. The van der Waals surface area contributed by atoms with Crippen molar-refractivity contribution in [3.8, 4) is 0 Å². The second kappa shape index (κ2) is 8.06. The lowest BCUT2D eigenvalue weighted by Crippen LogP contribution is -2.27.